The predicted octanol–water partition coefficient (Wildman–Crippen LogP) is -1.46. The summed E-state index contributed by atoms with van der Waals surface area (Å²) in [5.41, 5.74) is 0. The second kappa shape index (κ2) is 10.2. The highest BCUT2D eigenvalue weighted by Gasteiger charge is 2.45. The van der Waals surface area contributed by atoms with Crippen molar-refractivity contribution < 1.29 is 39.5 Å². The first-order chi connectivity index (χ1) is 11.3. The molecule has 24 heavy (non-hydrogen) atoms. The Hall–Kier alpha value is -0.910. The molecule has 0 aromatic heterocycles. The van der Waals surface area contributed by atoms with Crippen molar-refractivity contribution in [1.29, 1.82) is 0 Å². The van der Waals surface area contributed by atoms with Gasteiger partial charge in [-0.15, -0.1) is 11.8 Å². The van der Waals surface area contributed by atoms with Gasteiger partial charge in [0.15, 0.2) is 6.29 Å². The maximum absolute atomic E-state index is 11.3. The second-order valence-electron chi connectivity index (χ2n) is 5.51. The maximum Gasteiger partial charge on any atom is 0.316 e. The van der Waals surface area contributed by atoms with E-state index in [4.69, 9.17) is 14.6 Å². The van der Waals surface area contributed by atoms with E-state index >= 15 is 0 Å². The molecule has 1 aliphatic heterocycles. The number of hydrogen-bond acceptors (Lipinski definition) is 8. The van der Waals surface area contributed by atoms with Gasteiger partial charge < -0.3 is 35.2 Å². The predicted molar refractivity (Wildman–Crippen MR) is 85.5 cm³/mol. The molecule has 1 amide bonds. The Bertz CT molecular complexity index is 424. The Morgan fingerprint density at radius 2 is 2.00 bits per heavy atom. The topological polar surface area (TPSA) is 146 Å². The number of hydrogen-bond donors (Lipinski definition) is 5. The lowest BCUT2D eigenvalue weighted by molar-refractivity contribution is -0.270. The number of carbonyl (C=O) groups is 2. The summed E-state index contributed by atoms with van der Waals surface area (Å²) in [5.74, 6) is -0.749. The molecule has 0 aromatic rings. The number of nitrogens with one attached hydrogen (secondary N) is 1. The molecule has 0 aliphatic carbocycles. The van der Waals surface area contributed by atoms with Gasteiger partial charge >= 0.3 is 5.97 Å². The highest BCUT2D eigenvalue weighted by molar-refractivity contribution is 8.00. The second-order valence-corrected chi connectivity index (χ2v) is 6.96. The van der Waals surface area contributed by atoms with Crippen molar-refractivity contribution >= 4 is 23.6 Å². The fourth-order valence-corrected chi connectivity index (χ4v) is 2.98. The molecule has 1 fully saturated rings. The average molecular weight is 367 g/mol. The van der Waals surface area contributed by atoms with E-state index in [1.54, 1.807) is 6.92 Å². The van der Waals surface area contributed by atoms with Crippen LogP contribution in [0.2, 0.25) is 0 Å². The van der Waals surface area contributed by atoms with E-state index in [-0.39, 0.29) is 6.61 Å². The van der Waals surface area contributed by atoms with Crippen LogP contribution in [0.25, 0.3) is 0 Å². The Balaban J connectivity index is 2.51. The zero-order chi connectivity index (χ0) is 18.3. The molecule has 0 spiro atoms. The van der Waals surface area contributed by atoms with E-state index in [1.807, 2.05) is 0 Å². The molecule has 1 aliphatic rings. The smallest absolute Gasteiger partial charge is 0.316 e. The molecule has 5 N–H and O–H groups in total. The van der Waals surface area contributed by atoms with Crippen LogP contribution >= 0.6 is 11.8 Å². The number of ether oxygens (including phenoxy) is 2. The van der Waals surface area contributed by atoms with Crippen LogP contribution < -0.4 is 5.32 Å². The minimum Gasteiger partial charge on any atom is -0.480 e. The summed E-state index contributed by atoms with van der Waals surface area (Å²) in [6.45, 7) is 2.56. The van der Waals surface area contributed by atoms with Crippen molar-refractivity contribution in [2.45, 2.75) is 56.2 Å². The monoisotopic (exact) mass is 367 g/mol. The minimum absolute atomic E-state index is 0.209. The van der Waals surface area contributed by atoms with Gasteiger partial charge in [-0.2, -0.15) is 0 Å². The summed E-state index contributed by atoms with van der Waals surface area (Å²) in [5, 5.41) is 39.9. The van der Waals surface area contributed by atoms with Crippen LogP contribution in [0, 0.1) is 0 Å². The summed E-state index contributed by atoms with van der Waals surface area (Å²) in [4.78, 5) is 22.0. The number of amides is 1. The molecule has 0 bridgehead atoms. The standard InChI is InChI=1S/C14H25NO8S/c1-7(13(20)21)24-5-3-4-22-14-10(15-8(2)17)12(19)11(18)9(6-16)23-14/h7,9-12,14,16,18-19H,3-6H2,1-2H3,(H,15,17)(H,20,21)/t7?,9-,10-,11+,12-,14+/m1/s1. The van der Waals surface area contributed by atoms with E-state index < -0.39 is 54.4 Å². The normalized spacial score (nSPS) is 31.5. The molecule has 0 radical (unpaired) electrons. The molecule has 1 saturated heterocycles. The van der Waals surface area contributed by atoms with Gasteiger partial charge in [-0.25, -0.2) is 0 Å². The maximum atomic E-state index is 11.3. The van der Waals surface area contributed by atoms with Crippen LogP contribution in [0.15, 0.2) is 0 Å². The first-order valence-corrected chi connectivity index (χ1v) is 8.68. The largest absolute Gasteiger partial charge is 0.480 e. The summed E-state index contributed by atoms with van der Waals surface area (Å²) >= 11 is 1.27. The molecule has 0 aromatic carbocycles. The van der Waals surface area contributed by atoms with Gasteiger partial charge in [-0.05, 0) is 19.1 Å². The van der Waals surface area contributed by atoms with E-state index in [2.05, 4.69) is 5.32 Å². The summed E-state index contributed by atoms with van der Waals surface area (Å²) in [7, 11) is 0. The third-order valence-corrected chi connectivity index (χ3v) is 4.76. The third-order valence-electron chi connectivity index (χ3n) is 3.54. The third kappa shape index (κ3) is 6.19. The number of aliphatic carboxylic acids is 1. The van der Waals surface area contributed by atoms with Crippen LogP contribution in [0.1, 0.15) is 20.3 Å². The number of carboxylic acids is 1. The number of carboxylic acid groups (broad SMARTS) is 1. The highest BCUT2D eigenvalue weighted by atomic mass is 32.2. The lowest BCUT2D eigenvalue weighted by atomic mass is 9.97. The Kier molecular flexibility index (Phi) is 8.95. The van der Waals surface area contributed by atoms with Crippen LogP contribution in [0.4, 0.5) is 0 Å². The first-order valence-electron chi connectivity index (χ1n) is 7.63. The number of thioether (sulfide) groups is 1. The SMILES string of the molecule is CC(=O)N[C@H]1[C@@H](OCCCSC(C)C(=O)O)O[C@H](CO)[C@H](O)[C@@H]1O. The van der Waals surface area contributed by atoms with Gasteiger partial charge in [0.2, 0.25) is 5.91 Å². The van der Waals surface area contributed by atoms with Crippen molar-refractivity contribution in [3.8, 4) is 0 Å². The van der Waals surface area contributed by atoms with Crippen LogP contribution in [0.5, 0.6) is 0 Å². The number of aliphatic hydroxyl groups is 3. The zero-order valence-corrected chi connectivity index (χ0v) is 14.4. The fraction of sp³-hybridized carbons (Fsp3) is 0.857. The van der Waals surface area contributed by atoms with Gasteiger partial charge in [0.25, 0.3) is 0 Å². The van der Waals surface area contributed by atoms with Crippen molar-refractivity contribution in [2.24, 2.45) is 0 Å². The zero-order valence-electron chi connectivity index (χ0n) is 13.6. The van der Waals surface area contributed by atoms with Gasteiger partial charge in [0.1, 0.15) is 24.4 Å². The van der Waals surface area contributed by atoms with Crippen molar-refractivity contribution in [2.75, 3.05) is 19.0 Å². The van der Waals surface area contributed by atoms with Crippen molar-refractivity contribution in [1.82, 2.24) is 5.32 Å². The number of aliphatic hydroxyl groups excluding tert-OH is 3. The van der Waals surface area contributed by atoms with Crippen molar-refractivity contribution in [3.63, 3.8) is 0 Å². The van der Waals surface area contributed by atoms with E-state index in [0.29, 0.717) is 12.2 Å². The molecular formula is C14H25NO8S. The minimum atomic E-state index is -1.35. The summed E-state index contributed by atoms with van der Waals surface area (Å²) in [6.07, 6.45) is -4.19. The lowest BCUT2D eigenvalue weighted by Gasteiger charge is -2.42. The number of rotatable bonds is 9. The summed E-state index contributed by atoms with van der Waals surface area (Å²) < 4.78 is 10.9. The molecule has 1 heterocycles. The van der Waals surface area contributed by atoms with E-state index in [0.717, 1.165) is 0 Å². The summed E-state index contributed by atoms with van der Waals surface area (Å²) in [6, 6.07) is -0.967. The molecule has 1 unspecified atom stereocenters. The van der Waals surface area contributed by atoms with Gasteiger partial charge in [-0.1, -0.05) is 0 Å². The Morgan fingerprint density at radius 1 is 1.33 bits per heavy atom. The fourth-order valence-electron chi connectivity index (χ4n) is 2.20. The molecule has 1 rings (SSSR count). The Labute approximate surface area is 144 Å². The van der Waals surface area contributed by atoms with Gasteiger partial charge in [-0.3, -0.25) is 9.59 Å². The van der Waals surface area contributed by atoms with Crippen LogP contribution in [-0.2, 0) is 19.1 Å². The highest BCUT2D eigenvalue weighted by Crippen LogP contribution is 2.22. The van der Waals surface area contributed by atoms with Gasteiger partial charge in [0.05, 0.1) is 18.5 Å². The number of carbonyl (C=O) groups excluding carboxylic acids is 1. The average Bonchev–Trinajstić information content (AvgIpc) is 2.52. The van der Waals surface area contributed by atoms with Crippen LogP contribution in [0.3, 0.4) is 0 Å². The van der Waals surface area contributed by atoms with Crippen molar-refractivity contribution in [3.05, 3.63) is 0 Å². The molecule has 140 valence electrons. The first kappa shape index (κ1) is 21.1. The van der Waals surface area contributed by atoms with Crippen LogP contribution in [-0.4, -0.2) is 87.2 Å². The lowest BCUT2D eigenvalue weighted by Crippen LogP contribution is -2.64. The molecule has 9 nitrogen and oxygen atoms in total. The van der Waals surface area contributed by atoms with E-state index in [1.165, 1.54) is 18.7 Å². The molecule has 10 heteroatoms. The van der Waals surface area contributed by atoms with Gasteiger partial charge in [0, 0.05) is 6.92 Å². The van der Waals surface area contributed by atoms with E-state index in [9.17, 15) is 24.9 Å². The molecule has 6 atom stereocenters. The molecular weight excluding hydrogens is 342 g/mol. The quantitative estimate of drug-likeness (QED) is 0.309. The molecule has 0 saturated carbocycles. The Morgan fingerprint density at radius 3 is 2.54 bits per heavy atom.